The van der Waals surface area contributed by atoms with Crippen LogP contribution in [0.15, 0.2) is 42.6 Å². The van der Waals surface area contributed by atoms with E-state index < -0.39 is 6.09 Å². The molecule has 0 fully saturated rings. The summed E-state index contributed by atoms with van der Waals surface area (Å²) in [5.41, 5.74) is 5.44. The Labute approximate surface area is 151 Å². The number of rotatable bonds is 5. The van der Waals surface area contributed by atoms with Gasteiger partial charge in [0.15, 0.2) is 0 Å². The van der Waals surface area contributed by atoms with Gasteiger partial charge < -0.3 is 15.2 Å². The molecule has 0 aliphatic carbocycles. The molecule has 134 valence electrons. The van der Waals surface area contributed by atoms with Gasteiger partial charge in [-0.1, -0.05) is 6.07 Å². The number of amides is 1. The summed E-state index contributed by atoms with van der Waals surface area (Å²) in [5.74, 6) is 0.799. The summed E-state index contributed by atoms with van der Waals surface area (Å²) < 4.78 is 5.24. The van der Waals surface area contributed by atoms with E-state index in [0.29, 0.717) is 0 Å². The summed E-state index contributed by atoms with van der Waals surface area (Å²) in [6, 6.07) is 11.5. The highest BCUT2D eigenvalue weighted by Gasteiger charge is 2.10. The van der Waals surface area contributed by atoms with Gasteiger partial charge in [0.05, 0.1) is 19.0 Å². The van der Waals surface area contributed by atoms with Crippen LogP contribution < -0.4 is 10.1 Å². The smallest absolute Gasteiger partial charge is 0.404 e. The first-order valence-corrected chi connectivity index (χ1v) is 8.12. The van der Waals surface area contributed by atoms with E-state index in [9.17, 15) is 4.79 Å². The molecule has 7 heteroatoms. The van der Waals surface area contributed by atoms with Crippen molar-refractivity contribution in [2.24, 2.45) is 0 Å². The van der Waals surface area contributed by atoms with E-state index in [1.165, 1.54) is 0 Å². The molecule has 1 heterocycles. The molecule has 3 aromatic rings. The zero-order valence-electron chi connectivity index (χ0n) is 14.9. The maximum atomic E-state index is 10.7. The van der Waals surface area contributed by atoms with Crippen molar-refractivity contribution in [3.63, 3.8) is 0 Å². The van der Waals surface area contributed by atoms with E-state index in [1.54, 1.807) is 18.1 Å². The number of aryl methyl sites for hydroxylation is 2. The molecule has 26 heavy (non-hydrogen) atoms. The minimum absolute atomic E-state index is 0.237. The van der Waals surface area contributed by atoms with Crippen LogP contribution in [0.4, 0.5) is 4.79 Å². The van der Waals surface area contributed by atoms with Crippen molar-refractivity contribution in [1.29, 1.82) is 0 Å². The van der Waals surface area contributed by atoms with Gasteiger partial charge in [0.1, 0.15) is 11.4 Å². The fourth-order valence-electron chi connectivity index (χ4n) is 2.70. The Morgan fingerprint density at radius 2 is 2.00 bits per heavy atom. The predicted molar refractivity (Wildman–Crippen MR) is 97.7 cm³/mol. The molecule has 0 atom stereocenters. The van der Waals surface area contributed by atoms with Crippen molar-refractivity contribution < 1.29 is 14.6 Å². The number of hydrogen-bond donors (Lipinski definition) is 2. The lowest BCUT2D eigenvalue weighted by Gasteiger charge is -2.08. The van der Waals surface area contributed by atoms with Crippen molar-refractivity contribution in [1.82, 2.24) is 20.3 Å². The Morgan fingerprint density at radius 1 is 1.19 bits per heavy atom. The van der Waals surface area contributed by atoms with Gasteiger partial charge in [0, 0.05) is 12.1 Å². The number of carbonyl (C=O) groups is 1. The van der Waals surface area contributed by atoms with Crippen LogP contribution in [-0.4, -0.2) is 33.3 Å². The Morgan fingerprint density at radius 3 is 2.69 bits per heavy atom. The van der Waals surface area contributed by atoms with Gasteiger partial charge in [-0.05, 0) is 60.9 Å². The number of hydrogen-bond acceptors (Lipinski definition) is 4. The van der Waals surface area contributed by atoms with E-state index in [1.807, 2.05) is 50.2 Å². The van der Waals surface area contributed by atoms with Crippen molar-refractivity contribution in [3.05, 3.63) is 59.3 Å². The molecule has 2 N–H and O–H groups in total. The SMILES string of the molecule is COc1ccc(-c2cnn(-c3ccc(C)c(CNC(=O)O)c3)n2)c(C)c1. The van der Waals surface area contributed by atoms with E-state index in [-0.39, 0.29) is 6.54 Å². The van der Waals surface area contributed by atoms with Crippen molar-refractivity contribution in [3.8, 4) is 22.7 Å². The molecule has 0 aliphatic rings. The molecule has 7 nitrogen and oxygen atoms in total. The van der Waals surface area contributed by atoms with Gasteiger partial charge in [-0.2, -0.15) is 9.90 Å². The topological polar surface area (TPSA) is 89.3 Å². The lowest BCUT2D eigenvalue weighted by Crippen LogP contribution is -2.20. The van der Waals surface area contributed by atoms with Crippen LogP contribution in [0.1, 0.15) is 16.7 Å². The number of nitrogens with zero attached hydrogens (tertiary/aromatic N) is 3. The minimum atomic E-state index is -1.05. The maximum Gasteiger partial charge on any atom is 0.404 e. The summed E-state index contributed by atoms with van der Waals surface area (Å²) in [5, 5.41) is 20.1. The first-order chi connectivity index (χ1) is 12.5. The summed E-state index contributed by atoms with van der Waals surface area (Å²) >= 11 is 0. The van der Waals surface area contributed by atoms with Crippen molar-refractivity contribution >= 4 is 6.09 Å². The number of aromatic nitrogens is 3. The highest BCUT2D eigenvalue weighted by atomic mass is 16.5. The Hall–Kier alpha value is -3.35. The van der Waals surface area contributed by atoms with Crippen LogP contribution >= 0.6 is 0 Å². The standard InChI is InChI=1S/C19H20N4O3/c1-12-4-5-15(9-14(12)10-20-19(24)25)23-21-11-18(22-23)17-7-6-16(26-3)8-13(17)2/h4-9,11,20H,10H2,1-3H3,(H,24,25). The molecule has 0 unspecified atom stereocenters. The molecule has 0 aliphatic heterocycles. The number of methoxy groups -OCH3 is 1. The molecule has 2 aromatic carbocycles. The first kappa shape index (κ1) is 17.5. The quantitative estimate of drug-likeness (QED) is 0.735. The number of nitrogens with one attached hydrogen (secondary N) is 1. The third-order valence-electron chi connectivity index (χ3n) is 4.20. The van der Waals surface area contributed by atoms with Crippen molar-refractivity contribution in [2.75, 3.05) is 7.11 Å². The molecule has 0 spiro atoms. The zero-order valence-corrected chi connectivity index (χ0v) is 14.9. The van der Waals surface area contributed by atoms with E-state index in [0.717, 1.165) is 39.4 Å². The number of ether oxygens (including phenoxy) is 1. The zero-order chi connectivity index (χ0) is 18.7. The van der Waals surface area contributed by atoms with Crippen LogP contribution in [-0.2, 0) is 6.54 Å². The molecule has 0 bridgehead atoms. The molecule has 0 saturated carbocycles. The highest BCUT2D eigenvalue weighted by molar-refractivity contribution is 5.65. The van der Waals surface area contributed by atoms with Gasteiger partial charge in [-0.15, -0.1) is 5.10 Å². The van der Waals surface area contributed by atoms with E-state index >= 15 is 0 Å². The average molecular weight is 352 g/mol. The Bertz CT molecular complexity index is 950. The van der Waals surface area contributed by atoms with E-state index in [4.69, 9.17) is 9.84 Å². The predicted octanol–water partition coefficient (Wildman–Crippen LogP) is 3.33. The average Bonchev–Trinajstić information content (AvgIpc) is 3.10. The third kappa shape index (κ3) is 3.66. The third-order valence-corrected chi connectivity index (χ3v) is 4.20. The van der Waals surface area contributed by atoms with Crippen LogP contribution in [0.25, 0.3) is 16.9 Å². The summed E-state index contributed by atoms with van der Waals surface area (Å²) in [7, 11) is 1.64. The second-order valence-corrected chi connectivity index (χ2v) is 5.97. The van der Waals surface area contributed by atoms with E-state index in [2.05, 4.69) is 15.5 Å². The Balaban J connectivity index is 1.90. The lowest BCUT2D eigenvalue weighted by molar-refractivity contribution is 0.194. The number of carboxylic acid groups (broad SMARTS) is 1. The van der Waals surface area contributed by atoms with Crippen LogP contribution in [0.3, 0.4) is 0 Å². The molecular weight excluding hydrogens is 332 g/mol. The summed E-state index contributed by atoms with van der Waals surface area (Å²) in [6.07, 6.45) is 0.661. The fourth-order valence-corrected chi connectivity index (χ4v) is 2.70. The van der Waals surface area contributed by atoms with Crippen LogP contribution in [0.2, 0.25) is 0 Å². The lowest BCUT2D eigenvalue weighted by atomic mass is 10.1. The fraction of sp³-hybridized carbons (Fsp3) is 0.211. The number of benzene rings is 2. The van der Waals surface area contributed by atoms with Crippen molar-refractivity contribution in [2.45, 2.75) is 20.4 Å². The summed E-state index contributed by atoms with van der Waals surface area (Å²) in [6.45, 7) is 4.17. The molecule has 1 aromatic heterocycles. The Kier molecular flexibility index (Phi) is 4.88. The maximum absolute atomic E-state index is 10.7. The molecule has 3 rings (SSSR count). The second-order valence-electron chi connectivity index (χ2n) is 5.97. The normalized spacial score (nSPS) is 10.6. The highest BCUT2D eigenvalue weighted by Crippen LogP contribution is 2.25. The minimum Gasteiger partial charge on any atom is -0.497 e. The van der Waals surface area contributed by atoms with Gasteiger partial charge in [0.25, 0.3) is 0 Å². The van der Waals surface area contributed by atoms with Crippen LogP contribution in [0.5, 0.6) is 5.75 Å². The monoisotopic (exact) mass is 352 g/mol. The van der Waals surface area contributed by atoms with Gasteiger partial charge in [-0.25, -0.2) is 4.79 Å². The molecule has 0 radical (unpaired) electrons. The first-order valence-electron chi connectivity index (χ1n) is 8.12. The summed E-state index contributed by atoms with van der Waals surface area (Å²) in [4.78, 5) is 12.3. The molecule has 1 amide bonds. The second kappa shape index (κ2) is 7.26. The van der Waals surface area contributed by atoms with Gasteiger partial charge in [0.2, 0.25) is 0 Å². The molecular formula is C19H20N4O3. The largest absolute Gasteiger partial charge is 0.497 e. The molecule has 0 saturated heterocycles. The van der Waals surface area contributed by atoms with Gasteiger partial charge in [-0.3, -0.25) is 0 Å². The van der Waals surface area contributed by atoms with Gasteiger partial charge >= 0.3 is 6.09 Å². The van der Waals surface area contributed by atoms with Crippen LogP contribution in [0, 0.1) is 13.8 Å².